The van der Waals surface area contributed by atoms with E-state index in [1.165, 1.54) is 0 Å². The van der Waals surface area contributed by atoms with Crippen LogP contribution in [0.4, 0.5) is 5.69 Å². The van der Waals surface area contributed by atoms with Crippen LogP contribution < -0.4 is 62.2 Å². The fraction of sp³-hybridized carbons (Fsp3) is 0. The molecule has 1 aromatic carbocycles. The molecule has 0 amide bonds. The number of hydrogen-bond donors (Lipinski definition) is 3. The van der Waals surface area contributed by atoms with Crippen LogP contribution in [-0.2, 0) is 10.1 Å². The van der Waals surface area contributed by atoms with Gasteiger partial charge in [-0.1, -0.05) is 5.75 Å². The van der Waals surface area contributed by atoms with Crippen LogP contribution in [0.2, 0.25) is 0 Å². The third kappa shape index (κ3) is 3.42. The fourth-order valence-corrected chi connectivity index (χ4v) is 1.58. The minimum Gasteiger partial charge on any atom is -0.872 e. The molecule has 7 nitrogen and oxygen atoms in total. The molecule has 1 rings (SSSR count). The first-order chi connectivity index (χ1) is 6.73. The zero-order valence-corrected chi connectivity index (χ0v) is 12.1. The van der Waals surface area contributed by atoms with E-state index in [2.05, 4.69) is 0 Å². The number of nitrogen functional groups attached to an aromatic ring is 1. The van der Waals surface area contributed by atoms with Crippen LogP contribution in [-0.4, -0.2) is 24.0 Å². The minimum atomic E-state index is -4.62. The van der Waals surface area contributed by atoms with Crippen molar-refractivity contribution >= 4 is 21.8 Å². The van der Waals surface area contributed by atoms with Crippen LogP contribution >= 0.6 is 0 Å². The second kappa shape index (κ2) is 5.45. The number of carbonyl (C=O) groups is 1. The van der Waals surface area contributed by atoms with Crippen molar-refractivity contribution in [1.82, 2.24) is 0 Å². The van der Waals surface area contributed by atoms with Crippen molar-refractivity contribution in [3.63, 3.8) is 0 Å². The summed E-state index contributed by atoms with van der Waals surface area (Å²) in [6.07, 6.45) is 0. The quantitative estimate of drug-likeness (QED) is 0.285. The Kier molecular flexibility index (Phi) is 5.39. The van der Waals surface area contributed by atoms with Crippen LogP contribution in [0.1, 0.15) is 10.4 Å². The van der Waals surface area contributed by atoms with Crippen LogP contribution in [0.3, 0.4) is 0 Å². The topological polar surface area (TPSA) is 141 Å². The number of benzene rings is 1. The first-order valence-electron chi connectivity index (χ1n) is 3.55. The van der Waals surface area contributed by atoms with E-state index in [1.54, 1.807) is 0 Å². The molecule has 4 N–H and O–H groups in total. The second-order valence-electron chi connectivity index (χ2n) is 2.67. The van der Waals surface area contributed by atoms with Crippen molar-refractivity contribution < 1.29 is 79.4 Å². The summed E-state index contributed by atoms with van der Waals surface area (Å²) in [5.74, 6) is -2.56. The summed E-state index contributed by atoms with van der Waals surface area (Å²) in [5.41, 5.74) is 4.03. The molecule has 0 radical (unpaired) electrons. The Morgan fingerprint density at radius 2 is 1.88 bits per heavy atom. The Balaban J connectivity index is 0.00000225. The summed E-state index contributed by atoms with van der Waals surface area (Å²) in [6, 6.07) is 1.15. The first-order valence-corrected chi connectivity index (χ1v) is 4.99. The number of carboxylic acids is 1. The first kappa shape index (κ1) is 15.8. The van der Waals surface area contributed by atoms with Gasteiger partial charge in [-0.2, -0.15) is 8.42 Å². The number of hydrogen-bond acceptors (Lipinski definition) is 5. The van der Waals surface area contributed by atoms with Gasteiger partial charge in [-0.05, 0) is 12.1 Å². The maximum atomic E-state index is 11.1. The largest absolute Gasteiger partial charge is 1.00 e. The van der Waals surface area contributed by atoms with E-state index in [-0.39, 0.29) is 51.4 Å². The van der Waals surface area contributed by atoms with E-state index >= 15 is 0 Å². The molecule has 0 spiro atoms. The molecule has 0 aliphatic heterocycles. The maximum absolute atomic E-state index is 11.1. The Morgan fingerprint density at radius 3 is 2.25 bits per heavy atom. The molecule has 0 aromatic heterocycles. The molecule has 0 unspecified atom stereocenters. The third-order valence-electron chi connectivity index (χ3n) is 1.62. The Hall–Kier alpha value is -0.164. The van der Waals surface area contributed by atoms with Gasteiger partial charge >= 0.3 is 57.4 Å². The molecule has 0 atom stereocenters. The van der Waals surface area contributed by atoms with Crippen molar-refractivity contribution in [2.75, 3.05) is 5.73 Å². The second-order valence-corrected chi connectivity index (χ2v) is 4.06. The summed E-state index contributed by atoms with van der Waals surface area (Å²) in [5, 5.41) is 19.6. The molecular weight excluding hydrogens is 265 g/mol. The Bertz CT molecular complexity index is 526. The van der Waals surface area contributed by atoms with Gasteiger partial charge in [0.1, 0.15) is 4.90 Å². The van der Waals surface area contributed by atoms with Crippen molar-refractivity contribution in [3.8, 4) is 5.75 Å². The number of carboxylic acid groups (broad SMARTS) is 1. The molecule has 0 saturated heterocycles. The normalized spacial score (nSPS) is 10.6. The van der Waals surface area contributed by atoms with Crippen molar-refractivity contribution in [3.05, 3.63) is 17.7 Å². The Morgan fingerprint density at radius 1 is 1.38 bits per heavy atom. The van der Waals surface area contributed by atoms with Gasteiger partial charge in [-0.25, -0.2) is 4.79 Å². The maximum Gasteiger partial charge on any atom is 1.00 e. The zero-order chi connectivity index (χ0) is 11.8. The van der Waals surface area contributed by atoms with E-state index in [0.29, 0.717) is 12.1 Å². The molecule has 1 aromatic rings. The number of rotatable bonds is 2. The molecule has 0 fully saturated rings. The van der Waals surface area contributed by atoms with E-state index in [0.717, 1.165) is 0 Å². The van der Waals surface area contributed by atoms with E-state index in [9.17, 15) is 18.3 Å². The van der Waals surface area contributed by atoms with E-state index < -0.39 is 38.0 Å². The van der Waals surface area contributed by atoms with Gasteiger partial charge in [0.05, 0.1) is 11.3 Å². The van der Waals surface area contributed by atoms with Crippen LogP contribution in [0.5, 0.6) is 5.75 Å². The van der Waals surface area contributed by atoms with Crippen LogP contribution in [0.25, 0.3) is 0 Å². The van der Waals surface area contributed by atoms with E-state index in [1.807, 2.05) is 0 Å². The summed E-state index contributed by atoms with van der Waals surface area (Å²) >= 11 is 0. The van der Waals surface area contributed by atoms with Crippen LogP contribution in [0, 0.1) is 0 Å². The molecule has 0 bridgehead atoms. The van der Waals surface area contributed by atoms with Crippen molar-refractivity contribution in [1.29, 1.82) is 0 Å². The summed E-state index contributed by atoms with van der Waals surface area (Å²) in [4.78, 5) is 9.67. The third-order valence-corrected chi connectivity index (χ3v) is 2.53. The molecule has 9 heteroatoms. The zero-order valence-electron chi connectivity index (χ0n) is 8.17. The number of aromatic carboxylic acids is 1. The average Bonchev–Trinajstić information content (AvgIpc) is 2.06. The predicted molar refractivity (Wildman–Crippen MR) is 47.1 cm³/mol. The molecule has 82 valence electrons. The van der Waals surface area contributed by atoms with Gasteiger partial charge in [-0.15, -0.1) is 0 Å². The monoisotopic (exact) mass is 271 g/mol. The minimum absolute atomic E-state index is 0. The van der Waals surface area contributed by atoms with Gasteiger partial charge < -0.3 is 15.9 Å². The fourth-order valence-electron chi connectivity index (χ4n) is 0.968. The predicted octanol–water partition coefficient (Wildman–Crippen LogP) is -3.71. The number of nitrogens with two attached hydrogens (primary N) is 1. The summed E-state index contributed by atoms with van der Waals surface area (Å²) < 4.78 is 30.0. The SMILES string of the molecule is Nc1cc(C(=O)O)c([O-])cc1S(=O)(=O)O.[K+]. The van der Waals surface area contributed by atoms with Gasteiger partial charge in [0.15, 0.2) is 0 Å². The smallest absolute Gasteiger partial charge is 0.872 e. The van der Waals surface area contributed by atoms with Gasteiger partial charge in [0.2, 0.25) is 0 Å². The molecule has 0 aliphatic carbocycles. The van der Waals surface area contributed by atoms with Crippen LogP contribution in [0.15, 0.2) is 17.0 Å². The Labute approximate surface area is 133 Å². The molecule has 0 aliphatic rings. The standard InChI is InChI=1S/C7H7NO6S.K/c8-4-1-3(7(10)11)5(9)2-6(4)15(12,13)14;/h1-2,9H,8H2,(H,10,11)(H,12,13,14);/q;+1/p-1. The molecular formula is C7H6KNO6S. The van der Waals surface area contributed by atoms with Gasteiger partial charge in [-0.3, -0.25) is 4.55 Å². The molecule has 0 heterocycles. The summed E-state index contributed by atoms with van der Waals surface area (Å²) in [7, 11) is -4.62. The number of anilines is 1. The summed E-state index contributed by atoms with van der Waals surface area (Å²) in [6.45, 7) is 0. The molecule has 16 heavy (non-hydrogen) atoms. The van der Waals surface area contributed by atoms with Gasteiger partial charge in [0, 0.05) is 0 Å². The van der Waals surface area contributed by atoms with Crippen molar-refractivity contribution in [2.45, 2.75) is 4.90 Å². The average molecular weight is 271 g/mol. The van der Waals surface area contributed by atoms with E-state index in [4.69, 9.17) is 15.4 Å². The van der Waals surface area contributed by atoms with Crippen molar-refractivity contribution in [2.24, 2.45) is 0 Å². The molecule has 0 saturated carbocycles. The van der Waals surface area contributed by atoms with Gasteiger partial charge in [0.25, 0.3) is 10.1 Å².